The number of benzene rings is 2. The maximum absolute atomic E-state index is 13.1. The van der Waals surface area contributed by atoms with Crippen molar-refractivity contribution in [1.29, 1.82) is 0 Å². The van der Waals surface area contributed by atoms with Gasteiger partial charge in [-0.3, -0.25) is 4.79 Å². The van der Waals surface area contributed by atoms with Gasteiger partial charge in [-0.1, -0.05) is 50.2 Å². The van der Waals surface area contributed by atoms with Gasteiger partial charge in [-0.15, -0.1) is 0 Å². The number of nitrogens with one attached hydrogen (secondary N) is 1. The first-order chi connectivity index (χ1) is 11.0. The van der Waals surface area contributed by atoms with Gasteiger partial charge in [0.15, 0.2) is 6.61 Å². The lowest BCUT2D eigenvalue weighted by atomic mass is 9.97. The summed E-state index contributed by atoms with van der Waals surface area (Å²) < 4.78 is 18.4. The number of amides is 1. The van der Waals surface area contributed by atoms with E-state index in [-0.39, 0.29) is 24.4 Å². The molecule has 0 saturated carbocycles. The maximum Gasteiger partial charge on any atom is 0.258 e. The molecule has 0 bridgehead atoms. The molecule has 122 valence electrons. The third-order valence-corrected chi connectivity index (χ3v) is 3.41. The van der Waals surface area contributed by atoms with Crippen LogP contribution in [0.15, 0.2) is 54.6 Å². The average Bonchev–Trinajstić information content (AvgIpc) is 2.53. The Bertz CT molecular complexity index is 628. The molecular weight excluding hydrogens is 293 g/mol. The van der Waals surface area contributed by atoms with Crippen LogP contribution in [0.2, 0.25) is 0 Å². The van der Waals surface area contributed by atoms with Crippen molar-refractivity contribution in [3.8, 4) is 5.75 Å². The first-order valence-corrected chi connectivity index (χ1v) is 7.77. The quantitative estimate of drug-likeness (QED) is 0.835. The number of rotatable bonds is 7. The van der Waals surface area contributed by atoms with Crippen molar-refractivity contribution in [3.05, 3.63) is 66.0 Å². The summed E-state index contributed by atoms with van der Waals surface area (Å²) in [5.41, 5.74) is 1.07. The number of carbonyl (C=O) groups excluding carboxylic acids is 1. The molecule has 0 radical (unpaired) electrons. The SMILES string of the molecule is CC(C)CC(NC(=O)COc1cccc(F)c1)c1ccccc1. The lowest BCUT2D eigenvalue weighted by Crippen LogP contribution is -2.33. The van der Waals surface area contributed by atoms with Crippen LogP contribution >= 0.6 is 0 Å². The van der Waals surface area contributed by atoms with Crippen molar-refractivity contribution in [2.75, 3.05) is 6.61 Å². The Morgan fingerprint density at radius 2 is 1.87 bits per heavy atom. The molecule has 0 aliphatic heterocycles. The van der Waals surface area contributed by atoms with Gasteiger partial charge in [0.05, 0.1) is 6.04 Å². The Labute approximate surface area is 136 Å². The number of ether oxygens (including phenoxy) is 1. The molecule has 0 fully saturated rings. The predicted molar refractivity (Wildman–Crippen MR) is 88.7 cm³/mol. The molecule has 0 spiro atoms. The molecule has 0 aliphatic rings. The van der Waals surface area contributed by atoms with Gasteiger partial charge in [-0.05, 0) is 30.0 Å². The summed E-state index contributed by atoms with van der Waals surface area (Å²) >= 11 is 0. The summed E-state index contributed by atoms with van der Waals surface area (Å²) in [6.45, 7) is 4.10. The molecule has 2 aromatic carbocycles. The van der Waals surface area contributed by atoms with E-state index >= 15 is 0 Å². The second-order valence-corrected chi connectivity index (χ2v) is 5.91. The zero-order valence-electron chi connectivity index (χ0n) is 13.5. The molecule has 3 nitrogen and oxygen atoms in total. The Hall–Kier alpha value is -2.36. The van der Waals surface area contributed by atoms with Gasteiger partial charge < -0.3 is 10.1 Å². The lowest BCUT2D eigenvalue weighted by Gasteiger charge is -2.21. The van der Waals surface area contributed by atoms with E-state index in [2.05, 4.69) is 19.2 Å². The summed E-state index contributed by atoms with van der Waals surface area (Å²) in [4.78, 5) is 12.1. The highest BCUT2D eigenvalue weighted by Crippen LogP contribution is 2.21. The van der Waals surface area contributed by atoms with Gasteiger partial charge in [0.1, 0.15) is 11.6 Å². The zero-order chi connectivity index (χ0) is 16.7. The minimum Gasteiger partial charge on any atom is -0.484 e. The first-order valence-electron chi connectivity index (χ1n) is 7.77. The zero-order valence-corrected chi connectivity index (χ0v) is 13.5. The molecule has 1 N–H and O–H groups in total. The topological polar surface area (TPSA) is 38.3 Å². The van der Waals surface area contributed by atoms with Crippen LogP contribution in [-0.4, -0.2) is 12.5 Å². The average molecular weight is 315 g/mol. The van der Waals surface area contributed by atoms with E-state index in [0.29, 0.717) is 11.7 Å². The fourth-order valence-corrected chi connectivity index (χ4v) is 2.38. The summed E-state index contributed by atoms with van der Waals surface area (Å²) in [6, 6.07) is 15.6. The van der Waals surface area contributed by atoms with Gasteiger partial charge in [-0.2, -0.15) is 0 Å². The summed E-state index contributed by atoms with van der Waals surface area (Å²) in [5, 5.41) is 2.99. The largest absolute Gasteiger partial charge is 0.484 e. The molecule has 0 heterocycles. The first kappa shape index (κ1) is 17.0. The summed E-state index contributed by atoms with van der Waals surface area (Å²) in [5.74, 6) is 0.193. The number of hydrogen-bond acceptors (Lipinski definition) is 2. The fraction of sp³-hybridized carbons (Fsp3) is 0.316. The molecule has 0 saturated heterocycles. The molecule has 23 heavy (non-hydrogen) atoms. The van der Waals surface area contributed by atoms with Gasteiger partial charge >= 0.3 is 0 Å². The Balaban J connectivity index is 1.95. The third-order valence-electron chi connectivity index (χ3n) is 3.41. The van der Waals surface area contributed by atoms with Crippen LogP contribution in [0.3, 0.4) is 0 Å². The predicted octanol–water partition coefficient (Wildman–Crippen LogP) is 4.11. The Kier molecular flexibility index (Phi) is 6.15. The molecule has 2 aromatic rings. The minimum absolute atomic E-state index is 0.0557. The molecule has 0 aliphatic carbocycles. The van der Waals surface area contributed by atoms with E-state index in [9.17, 15) is 9.18 Å². The standard InChI is InChI=1S/C19H22FNO2/c1-14(2)11-18(15-7-4-3-5-8-15)21-19(22)13-23-17-10-6-9-16(20)12-17/h3-10,12,14,18H,11,13H2,1-2H3,(H,21,22). The van der Waals surface area contributed by atoms with Crippen LogP contribution in [0.4, 0.5) is 4.39 Å². The number of hydrogen-bond donors (Lipinski definition) is 1. The number of carbonyl (C=O) groups is 1. The van der Waals surface area contributed by atoms with Crippen LogP contribution in [0.25, 0.3) is 0 Å². The van der Waals surface area contributed by atoms with Gasteiger partial charge in [0, 0.05) is 6.07 Å². The van der Waals surface area contributed by atoms with E-state index in [1.165, 1.54) is 12.1 Å². The normalized spacial score (nSPS) is 12.0. The van der Waals surface area contributed by atoms with Gasteiger partial charge in [-0.25, -0.2) is 4.39 Å². The molecule has 0 aromatic heterocycles. The smallest absolute Gasteiger partial charge is 0.258 e. The highest BCUT2D eigenvalue weighted by molar-refractivity contribution is 5.78. The van der Waals surface area contributed by atoms with Crippen LogP contribution < -0.4 is 10.1 Å². The van der Waals surface area contributed by atoms with Crippen molar-refractivity contribution in [3.63, 3.8) is 0 Å². The van der Waals surface area contributed by atoms with Crippen LogP contribution in [-0.2, 0) is 4.79 Å². The molecule has 1 unspecified atom stereocenters. The van der Waals surface area contributed by atoms with Crippen molar-refractivity contribution < 1.29 is 13.9 Å². The van der Waals surface area contributed by atoms with Gasteiger partial charge in [0.25, 0.3) is 5.91 Å². The van der Waals surface area contributed by atoms with E-state index in [0.717, 1.165) is 12.0 Å². The third kappa shape index (κ3) is 5.74. The molecule has 2 rings (SSSR count). The highest BCUT2D eigenvalue weighted by atomic mass is 19.1. The fourth-order valence-electron chi connectivity index (χ4n) is 2.38. The molecule has 4 heteroatoms. The minimum atomic E-state index is -0.384. The van der Waals surface area contributed by atoms with E-state index < -0.39 is 0 Å². The highest BCUT2D eigenvalue weighted by Gasteiger charge is 2.16. The Morgan fingerprint density at radius 1 is 1.13 bits per heavy atom. The van der Waals surface area contributed by atoms with Crippen LogP contribution in [0.1, 0.15) is 31.9 Å². The van der Waals surface area contributed by atoms with Crippen molar-refractivity contribution >= 4 is 5.91 Å². The van der Waals surface area contributed by atoms with Crippen molar-refractivity contribution in [2.24, 2.45) is 5.92 Å². The second-order valence-electron chi connectivity index (χ2n) is 5.91. The summed E-state index contributed by atoms with van der Waals surface area (Å²) in [6.07, 6.45) is 0.843. The Morgan fingerprint density at radius 3 is 2.52 bits per heavy atom. The van der Waals surface area contributed by atoms with Crippen LogP contribution in [0, 0.1) is 11.7 Å². The van der Waals surface area contributed by atoms with Gasteiger partial charge in [0.2, 0.25) is 0 Å². The van der Waals surface area contributed by atoms with E-state index in [4.69, 9.17) is 4.74 Å². The molecular formula is C19H22FNO2. The molecule has 1 amide bonds. The summed E-state index contributed by atoms with van der Waals surface area (Å²) in [7, 11) is 0. The van der Waals surface area contributed by atoms with Crippen molar-refractivity contribution in [2.45, 2.75) is 26.3 Å². The van der Waals surface area contributed by atoms with E-state index in [1.54, 1.807) is 12.1 Å². The van der Waals surface area contributed by atoms with Crippen LogP contribution in [0.5, 0.6) is 5.75 Å². The number of halogens is 1. The monoisotopic (exact) mass is 315 g/mol. The lowest BCUT2D eigenvalue weighted by molar-refractivity contribution is -0.124. The van der Waals surface area contributed by atoms with Crippen molar-refractivity contribution in [1.82, 2.24) is 5.32 Å². The maximum atomic E-state index is 13.1. The van der Waals surface area contributed by atoms with E-state index in [1.807, 2.05) is 30.3 Å². The second kappa shape index (κ2) is 8.32. The molecule has 1 atom stereocenters.